The molecule has 0 saturated carbocycles. The number of nitroso groups, excluding NO2 is 1. The van der Waals surface area contributed by atoms with Gasteiger partial charge in [0.1, 0.15) is 18.6 Å². The van der Waals surface area contributed by atoms with Crippen molar-refractivity contribution in [2.75, 3.05) is 19.8 Å². The summed E-state index contributed by atoms with van der Waals surface area (Å²) >= 11 is 0.589. The fourth-order valence-electron chi connectivity index (χ4n) is 2.57. The van der Waals surface area contributed by atoms with Gasteiger partial charge in [-0.3, -0.25) is 19.2 Å². The van der Waals surface area contributed by atoms with Gasteiger partial charge in [0.25, 0.3) is 0 Å². The molecule has 0 aromatic rings. The van der Waals surface area contributed by atoms with Gasteiger partial charge in [0.05, 0.1) is 4.75 Å². The Kier molecular flexibility index (Phi) is 9.11. The van der Waals surface area contributed by atoms with Crippen LogP contribution < -0.4 is 16.4 Å². The number of rotatable bonds is 11. The monoisotopic (exact) mass is 406 g/mol. The van der Waals surface area contributed by atoms with Crippen molar-refractivity contribution in [1.29, 1.82) is 0 Å². The van der Waals surface area contributed by atoms with Gasteiger partial charge >= 0.3 is 11.9 Å². The van der Waals surface area contributed by atoms with Crippen LogP contribution in [0.4, 0.5) is 0 Å². The largest absolute Gasteiger partial charge is 0.480 e. The number of ether oxygens (including phenoxy) is 1. The molecule has 12 nitrogen and oxygen atoms in total. The molecule has 27 heavy (non-hydrogen) atoms. The smallest absolute Gasteiger partial charge is 0.322 e. The van der Waals surface area contributed by atoms with E-state index in [0.717, 1.165) is 0 Å². The van der Waals surface area contributed by atoms with E-state index in [4.69, 9.17) is 20.7 Å². The van der Waals surface area contributed by atoms with Crippen LogP contribution in [-0.4, -0.2) is 70.6 Å². The number of carboxylic acids is 2. The summed E-state index contributed by atoms with van der Waals surface area (Å²) in [6.45, 7) is -0.211. The van der Waals surface area contributed by atoms with Crippen LogP contribution in [0.25, 0.3) is 0 Å². The maximum absolute atomic E-state index is 12.5. The Hall–Kier alpha value is -2.25. The van der Waals surface area contributed by atoms with Gasteiger partial charge in [0.2, 0.25) is 11.8 Å². The first-order valence-electron chi connectivity index (χ1n) is 8.07. The number of carboxylic acid groups (broad SMARTS) is 2. The van der Waals surface area contributed by atoms with Crippen LogP contribution in [0, 0.1) is 4.91 Å². The Bertz CT molecular complexity index is 581. The number of nitrogens with one attached hydrogen (secondary N) is 2. The number of aliphatic carboxylic acids is 2. The molecular formula is C14H22N4O8S. The Balaban J connectivity index is 2.93. The van der Waals surface area contributed by atoms with Crippen LogP contribution in [0.3, 0.4) is 0 Å². The van der Waals surface area contributed by atoms with Crippen molar-refractivity contribution >= 4 is 35.7 Å². The summed E-state index contributed by atoms with van der Waals surface area (Å²) in [5.74, 6) is -3.98. The van der Waals surface area contributed by atoms with Crippen molar-refractivity contribution in [3.63, 3.8) is 0 Å². The summed E-state index contributed by atoms with van der Waals surface area (Å²) in [6.07, 6.45) is 0.0364. The minimum absolute atomic E-state index is 0.153. The molecule has 1 saturated heterocycles. The van der Waals surface area contributed by atoms with Crippen LogP contribution in [0.15, 0.2) is 4.58 Å². The number of hydrogen-bond donors (Lipinski definition) is 5. The van der Waals surface area contributed by atoms with Gasteiger partial charge < -0.3 is 31.3 Å². The van der Waals surface area contributed by atoms with Gasteiger partial charge in [-0.1, -0.05) is 0 Å². The standard InChI is InChI=1S/C14H22N4O8S/c15-8(13(23)24)1-2-9(19)17-11(12(22)16-7-10(20)21)14(27-18-25)3-5-26-6-4-14/h8,11H,1-7,15H2,(H,16,22)(H,17,19)(H,20,21)(H,23,24). The van der Waals surface area contributed by atoms with Gasteiger partial charge in [-0.2, -0.15) is 0 Å². The van der Waals surface area contributed by atoms with Crippen molar-refractivity contribution in [3.05, 3.63) is 4.91 Å². The third kappa shape index (κ3) is 7.11. The number of nitrogens with two attached hydrogens (primary N) is 1. The highest BCUT2D eigenvalue weighted by molar-refractivity contribution is 7.99. The van der Waals surface area contributed by atoms with E-state index in [2.05, 4.69) is 15.2 Å². The second-order valence-corrected chi connectivity index (χ2v) is 7.08. The molecule has 0 radical (unpaired) electrons. The van der Waals surface area contributed by atoms with E-state index in [-0.39, 0.29) is 38.9 Å². The molecule has 2 amide bonds. The number of nitrogens with zero attached hydrogens (tertiary/aromatic N) is 1. The van der Waals surface area contributed by atoms with Gasteiger partial charge in [-0.15, -0.1) is 4.91 Å². The predicted molar refractivity (Wildman–Crippen MR) is 93.6 cm³/mol. The average Bonchev–Trinajstić information content (AvgIpc) is 2.62. The second kappa shape index (κ2) is 10.8. The third-order valence-corrected chi connectivity index (χ3v) is 5.15. The molecule has 2 unspecified atom stereocenters. The van der Waals surface area contributed by atoms with E-state index >= 15 is 0 Å². The first kappa shape index (κ1) is 22.8. The molecule has 0 aromatic carbocycles. The Morgan fingerprint density at radius 2 is 1.85 bits per heavy atom. The molecule has 0 bridgehead atoms. The van der Waals surface area contributed by atoms with E-state index in [1.165, 1.54) is 0 Å². The minimum Gasteiger partial charge on any atom is -0.480 e. The molecule has 152 valence electrons. The lowest BCUT2D eigenvalue weighted by atomic mass is 9.89. The first-order valence-corrected chi connectivity index (χ1v) is 8.85. The molecule has 0 aromatic heterocycles. The van der Waals surface area contributed by atoms with Crippen molar-refractivity contribution in [3.8, 4) is 0 Å². The summed E-state index contributed by atoms with van der Waals surface area (Å²) in [7, 11) is 0. The highest BCUT2D eigenvalue weighted by atomic mass is 32.2. The molecule has 1 rings (SSSR count). The van der Waals surface area contributed by atoms with Crippen molar-refractivity contribution in [2.24, 2.45) is 10.3 Å². The fourth-order valence-corrected chi connectivity index (χ4v) is 3.34. The highest BCUT2D eigenvalue weighted by Crippen LogP contribution is 2.39. The topological polar surface area (TPSA) is 197 Å². The summed E-state index contributed by atoms with van der Waals surface area (Å²) in [6, 6.07) is -2.49. The number of carbonyl (C=O) groups is 4. The van der Waals surface area contributed by atoms with Gasteiger partial charge in [-0.25, -0.2) is 0 Å². The number of hydrogen-bond acceptors (Lipinski definition) is 9. The molecule has 1 fully saturated rings. The maximum atomic E-state index is 12.5. The van der Waals surface area contributed by atoms with Crippen LogP contribution >= 0.6 is 11.9 Å². The van der Waals surface area contributed by atoms with E-state index in [1.54, 1.807) is 0 Å². The molecule has 1 aliphatic rings. The van der Waals surface area contributed by atoms with Crippen LogP contribution in [0.2, 0.25) is 0 Å². The molecule has 6 N–H and O–H groups in total. The van der Waals surface area contributed by atoms with Gasteiger partial charge in [-0.05, 0) is 19.3 Å². The predicted octanol–water partition coefficient (Wildman–Crippen LogP) is -1.17. The Labute approximate surface area is 158 Å². The summed E-state index contributed by atoms with van der Waals surface area (Å²) in [5.41, 5.74) is 5.35. The summed E-state index contributed by atoms with van der Waals surface area (Å²) < 4.78 is 6.93. The molecule has 1 aliphatic heterocycles. The molecule has 0 spiro atoms. The van der Waals surface area contributed by atoms with E-state index < -0.39 is 47.1 Å². The molecule has 0 aliphatic carbocycles. The lowest BCUT2D eigenvalue weighted by Gasteiger charge is -2.39. The van der Waals surface area contributed by atoms with Crippen molar-refractivity contribution in [1.82, 2.24) is 10.6 Å². The summed E-state index contributed by atoms with van der Waals surface area (Å²) in [5, 5.41) is 22.1. The number of carbonyl (C=O) groups excluding carboxylic acids is 2. The van der Waals surface area contributed by atoms with Crippen molar-refractivity contribution in [2.45, 2.75) is 42.5 Å². The second-order valence-electron chi connectivity index (χ2n) is 5.94. The zero-order valence-electron chi connectivity index (χ0n) is 14.4. The van der Waals surface area contributed by atoms with Crippen LogP contribution in [-0.2, 0) is 23.9 Å². The molecular weight excluding hydrogens is 384 g/mol. The molecule has 1 heterocycles. The SMILES string of the molecule is NC(CCC(=O)NC(C(=O)NCC(=O)O)C1(SN=O)CCOCC1)C(=O)O. The van der Waals surface area contributed by atoms with Crippen molar-refractivity contribution < 1.29 is 34.1 Å². The number of amides is 2. The zero-order chi connectivity index (χ0) is 20.4. The molecule has 2 atom stereocenters. The first-order chi connectivity index (χ1) is 12.7. The quantitative estimate of drug-likeness (QED) is 0.206. The Morgan fingerprint density at radius 1 is 1.22 bits per heavy atom. The third-order valence-electron chi connectivity index (χ3n) is 4.07. The minimum atomic E-state index is -1.27. The van der Waals surface area contributed by atoms with Gasteiger partial charge in [0.15, 0.2) is 0 Å². The van der Waals surface area contributed by atoms with Crippen LogP contribution in [0.1, 0.15) is 25.7 Å². The van der Waals surface area contributed by atoms with Gasteiger partial charge in [0, 0.05) is 36.2 Å². The summed E-state index contributed by atoms with van der Waals surface area (Å²) in [4.78, 5) is 57.0. The average molecular weight is 406 g/mol. The normalized spacial score (nSPS) is 18.0. The fraction of sp³-hybridized carbons (Fsp3) is 0.714. The lowest BCUT2D eigenvalue weighted by molar-refractivity contribution is -0.139. The highest BCUT2D eigenvalue weighted by Gasteiger charge is 2.47. The molecule has 13 heteroatoms. The van der Waals surface area contributed by atoms with Crippen LogP contribution in [0.5, 0.6) is 0 Å². The maximum Gasteiger partial charge on any atom is 0.322 e. The van der Waals surface area contributed by atoms with E-state index in [9.17, 15) is 24.1 Å². The van der Waals surface area contributed by atoms with E-state index in [0.29, 0.717) is 11.9 Å². The van der Waals surface area contributed by atoms with E-state index in [1.807, 2.05) is 0 Å². The lowest BCUT2D eigenvalue weighted by Crippen LogP contribution is -2.60. The zero-order valence-corrected chi connectivity index (χ0v) is 15.2. The Morgan fingerprint density at radius 3 is 2.37 bits per heavy atom.